The van der Waals surface area contributed by atoms with E-state index in [0.717, 1.165) is 18.9 Å². The predicted octanol–water partition coefficient (Wildman–Crippen LogP) is 5.36. The summed E-state index contributed by atoms with van der Waals surface area (Å²) in [7, 11) is 4.79. The van der Waals surface area contributed by atoms with Gasteiger partial charge in [0.05, 0.1) is 35.3 Å². The van der Waals surface area contributed by atoms with Gasteiger partial charge in [-0.1, -0.05) is 12.1 Å². The number of hydrogen-bond acceptors (Lipinski definition) is 10. The van der Waals surface area contributed by atoms with E-state index in [1.165, 1.54) is 19.2 Å². The van der Waals surface area contributed by atoms with Crippen molar-refractivity contribution in [3.8, 4) is 16.9 Å². The van der Waals surface area contributed by atoms with Gasteiger partial charge < -0.3 is 34.8 Å². The Morgan fingerprint density at radius 2 is 1.77 bits per heavy atom. The van der Waals surface area contributed by atoms with E-state index in [9.17, 15) is 24.3 Å². The van der Waals surface area contributed by atoms with Crippen molar-refractivity contribution in [2.24, 2.45) is 5.41 Å². The number of nitrogens with one attached hydrogen (secondary N) is 3. The molecular formula is C48H52F3N9O6. The summed E-state index contributed by atoms with van der Waals surface area (Å²) in [5.41, 5.74) is 3.11. The number of benzene rings is 3. The van der Waals surface area contributed by atoms with Crippen molar-refractivity contribution >= 4 is 51.5 Å². The summed E-state index contributed by atoms with van der Waals surface area (Å²) in [5, 5.41) is 20.4. The van der Waals surface area contributed by atoms with Crippen LogP contribution < -0.4 is 25.2 Å². The summed E-state index contributed by atoms with van der Waals surface area (Å²) < 4.78 is 55.9. The molecule has 15 nitrogen and oxygen atoms in total. The van der Waals surface area contributed by atoms with Gasteiger partial charge >= 0.3 is 0 Å². The molecule has 3 aromatic carbocycles. The number of hydrogen-bond donors (Lipinski definition) is 4. The molecule has 0 bridgehead atoms. The number of nitrogens with zero attached hydrogens (tertiary/aromatic N) is 6. The summed E-state index contributed by atoms with van der Waals surface area (Å²) in [4.78, 5) is 60.4. The van der Waals surface area contributed by atoms with E-state index in [-0.39, 0.29) is 59.6 Å². The average Bonchev–Trinajstić information content (AvgIpc) is 4.00. The molecule has 4 aliphatic heterocycles. The minimum absolute atomic E-state index is 0.0650. The van der Waals surface area contributed by atoms with E-state index >= 15 is 13.2 Å². The normalized spacial score (nSPS) is 18.9. The van der Waals surface area contributed by atoms with Crippen molar-refractivity contribution in [3.63, 3.8) is 0 Å². The number of carbonyl (C=O) groups excluding carboxylic acids is 4. The van der Waals surface area contributed by atoms with Gasteiger partial charge in [0.2, 0.25) is 17.7 Å². The lowest BCUT2D eigenvalue weighted by molar-refractivity contribution is -0.134. The molecule has 9 rings (SSSR count). The van der Waals surface area contributed by atoms with Gasteiger partial charge in [0.25, 0.3) is 5.91 Å². The largest absolute Gasteiger partial charge is 0.496 e. The highest BCUT2D eigenvalue weighted by Crippen LogP contribution is 2.46. The molecule has 346 valence electrons. The highest BCUT2D eigenvalue weighted by Gasteiger charge is 2.46. The zero-order valence-electron chi connectivity index (χ0n) is 37.0. The number of halogens is 3. The van der Waals surface area contributed by atoms with Gasteiger partial charge in [-0.25, -0.2) is 13.2 Å². The molecule has 2 unspecified atom stereocenters. The number of H-pyrrole nitrogens is 1. The standard InChI is InChI=1S/C48H52F3N9O6/c1-56(2)47(65)37-23-32-30(21-31(43(51)44(32)53-37)29-6-4-15-58(25-29)42(62)11-17-60-16-5-14-52-60)28-7-9-38(34(49)20-28)57-18-12-48(13-19-57)26-59(27-48)39-24-40(66-3)33(22-35(39)50)45(63)54-36-8-10-41(61)55-46(36)64/h5-7,9,14,16,20-24,36,47,53,65H,4,8,10-13,15,17-19,25-27H2,1-3H3,(H,54,63)(H,55,61,64). The van der Waals surface area contributed by atoms with E-state index in [1.54, 1.807) is 65.2 Å². The van der Waals surface area contributed by atoms with Gasteiger partial charge in [-0.2, -0.15) is 5.10 Å². The van der Waals surface area contributed by atoms with Crippen molar-refractivity contribution in [1.29, 1.82) is 0 Å². The molecule has 4 aliphatic rings. The van der Waals surface area contributed by atoms with Crippen LogP contribution in [0.2, 0.25) is 0 Å². The van der Waals surface area contributed by atoms with Crippen LogP contribution in [0, 0.1) is 22.9 Å². The van der Waals surface area contributed by atoms with Crippen molar-refractivity contribution < 1.29 is 42.2 Å². The quantitative estimate of drug-likeness (QED) is 0.0946. The summed E-state index contributed by atoms with van der Waals surface area (Å²) in [6.45, 7) is 3.38. The molecule has 3 saturated heterocycles. The molecule has 2 atom stereocenters. The van der Waals surface area contributed by atoms with Crippen molar-refractivity contribution in [3.05, 3.63) is 101 Å². The Kier molecular flexibility index (Phi) is 12.1. The van der Waals surface area contributed by atoms with Crippen molar-refractivity contribution in [1.82, 2.24) is 35.2 Å². The van der Waals surface area contributed by atoms with E-state index in [4.69, 9.17) is 4.74 Å². The Balaban J connectivity index is 0.896. The Morgan fingerprint density at radius 3 is 2.47 bits per heavy atom. The third-order valence-electron chi connectivity index (χ3n) is 13.5. The lowest BCUT2D eigenvalue weighted by atomic mass is 9.71. The molecule has 2 aromatic heterocycles. The molecule has 18 heteroatoms. The van der Waals surface area contributed by atoms with Crippen LogP contribution in [0.15, 0.2) is 67.0 Å². The molecule has 1 spiro atoms. The molecule has 5 aromatic rings. The maximum absolute atomic E-state index is 16.7. The number of anilines is 2. The second kappa shape index (κ2) is 18.0. The number of amides is 4. The number of methoxy groups -OCH3 is 1. The molecule has 6 heterocycles. The number of aliphatic hydroxyl groups excluding tert-OH is 1. The predicted molar refractivity (Wildman–Crippen MR) is 241 cm³/mol. The number of ether oxygens (including phenoxy) is 1. The van der Waals surface area contributed by atoms with Crippen LogP contribution in [0.5, 0.6) is 5.75 Å². The number of piperidine rings is 2. The van der Waals surface area contributed by atoms with Crippen LogP contribution >= 0.6 is 0 Å². The SMILES string of the molecule is COc1cc(N2CC3(CCN(c4ccc(-c5cc(C6=CCCN(C(=O)CCn7cccn7)C6)c(F)c6[nH]c(C(O)N(C)C)cc56)cc4F)CC3)C2)c(F)cc1C(=O)NC1CCC(=O)NC1=O. The van der Waals surface area contributed by atoms with E-state index < -0.39 is 47.4 Å². The van der Waals surface area contributed by atoms with Crippen molar-refractivity contribution in [2.75, 3.05) is 70.3 Å². The number of imide groups is 1. The fourth-order valence-corrected chi connectivity index (χ4v) is 9.73. The minimum atomic E-state index is -1.05. The van der Waals surface area contributed by atoms with Crippen LogP contribution in [-0.4, -0.2) is 120 Å². The number of aliphatic hydroxyl groups is 1. The van der Waals surface area contributed by atoms with E-state index in [0.29, 0.717) is 84.7 Å². The smallest absolute Gasteiger partial charge is 0.255 e. The third kappa shape index (κ3) is 8.62. The first-order valence-electron chi connectivity index (χ1n) is 22.2. The maximum Gasteiger partial charge on any atom is 0.255 e. The Morgan fingerprint density at radius 1 is 1.00 bits per heavy atom. The molecule has 0 radical (unpaired) electrons. The number of fused-ring (bicyclic) bond motifs is 1. The Labute approximate surface area is 379 Å². The average molecular weight is 908 g/mol. The first-order valence-corrected chi connectivity index (χ1v) is 22.2. The first-order chi connectivity index (χ1) is 31.7. The van der Waals surface area contributed by atoms with Gasteiger partial charge in [0, 0.05) is 93.5 Å². The number of aryl methyl sites for hydroxylation is 1. The molecule has 0 aliphatic carbocycles. The number of rotatable bonds is 12. The number of aromatic nitrogens is 3. The van der Waals surface area contributed by atoms with Crippen LogP contribution in [0.3, 0.4) is 0 Å². The maximum atomic E-state index is 16.7. The first kappa shape index (κ1) is 44.5. The Hall–Kier alpha value is -6.66. The molecular weight excluding hydrogens is 856 g/mol. The Bertz CT molecular complexity index is 2740. The van der Waals surface area contributed by atoms with Gasteiger partial charge in [-0.15, -0.1) is 0 Å². The summed E-state index contributed by atoms with van der Waals surface area (Å²) in [5.74, 6) is -3.21. The fraction of sp³-hybridized carbons (Fsp3) is 0.396. The van der Waals surface area contributed by atoms with E-state index in [1.807, 2.05) is 21.9 Å². The van der Waals surface area contributed by atoms with Crippen LogP contribution in [0.4, 0.5) is 24.5 Å². The zero-order valence-corrected chi connectivity index (χ0v) is 37.0. The van der Waals surface area contributed by atoms with Gasteiger partial charge in [0.1, 0.15) is 29.7 Å². The van der Waals surface area contributed by atoms with Gasteiger partial charge in [-0.05, 0) is 92.9 Å². The molecule has 4 N–H and O–H groups in total. The number of aromatic amines is 1. The zero-order chi connectivity index (χ0) is 46.4. The molecule has 3 fully saturated rings. The summed E-state index contributed by atoms with van der Waals surface area (Å²) >= 11 is 0. The molecule has 66 heavy (non-hydrogen) atoms. The minimum Gasteiger partial charge on any atom is -0.496 e. The third-order valence-corrected chi connectivity index (χ3v) is 13.5. The molecule has 4 amide bonds. The monoisotopic (exact) mass is 907 g/mol. The highest BCUT2D eigenvalue weighted by atomic mass is 19.1. The number of carbonyl (C=O) groups is 4. The van der Waals surface area contributed by atoms with E-state index in [2.05, 4.69) is 20.7 Å². The lowest BCUT2D eigenvalue weighted by Crippen LogP contribution is -2.60. The van der Waals surface area contributed by atoms with Crippen LogP contribution in [0.25, 0.3) is 27.6 Å². The highest BCUT2D eigenvalue weighted by molar-refractivity contribution is 6.05. The molecule has 0 saturated carbocycles. The topological polar surface area (TPSA) is 168 Å². The van der Waals surface area contributed by atoms with Crippen LogP contribution in [-0.2, 0) is 20.9 Å². The summed E-state index contributed by atoms with van der Waals surface area (Å²) in [6.07, 6.45) is 6.82. The van der Waals surface area contributed by atoms with Gasteiger partial charge in [-0.3, -0.25) is 34.1 Å². The van der Waals surface area contributed by atoms with Gasteiger partial charge in [0.15, 0.2) is 5.82 Å². The summed E-state index contributed by atoms with van der Waals surface area (Å²) in [6, 6.07) is 11.9. The lowest BCUT2D eigenvalue weighted by Gasteiger charge is -2.55. The fourth-order valence-electron chi connectivity index (χ4n) is 9.73. The second-order valence-corrected chi connectivity index (χ2v) is 18.0. The second-order valence-electron chi connectivity index (χ2n) is 18.0. The van der Waals surface area contributed by atoms with Crippen LogP contribution in [0.1, 0.15) is 66.4 Å². The van der Waals surface area contributed by atoms with Crippen molar-refractivity contribution in [2.45, 2.75) is 57.3 Å².